The lowest BCUT2D eigenvalue weighted by molar-refractivity contribution is 0.549. The molecule has 1 aliphatic carbocycles. The van der Waals surface area contributed by atoms with Crippen LogP contribution in [0.5, 0.6) is 0 Å². The van der Waals surface area contributed by atoms with Crippen LogP contribution in [0.3, 0.4) is 0 Å². The fraction of sp³-hybridized carbons (Fsp3) is 0.727. The lowest BCUT2D eigenvalue weighted by atomic mass is 10.3. The molecule has 1 aromatic rings. The Morgan fingerprint density at radius 1 is 1.53 bits per heavy atom. The van der Waals surface area contributed by atoms with Crippen molar-refractivity contribution in [1.82, 2.24) is 20.2 Å². The number of hydrogen-bond donors (Lipinski definition) is 3. The van der Waals surface area contributed by atoms with Crippen LogP contribution in [0.1, 0.15) is 24.8 Å². The second-order valence-electron chi connectivity index (χ2n) is 4.69. The van der Waals surface area contributed by atoms with Gasteiger partial charge in [-0.2, -0.15) is 16.9 Å². The number of aromatic nitrogens is 2. The topological polar surface area (TPSA) is 86.9 Å². The molecule has 108 valence electrons. The molecule has 0 bridgehead atoms. The van der Waals surface area contributed by atoms with Crippen molar-refractivity contribution in [3.63, 3.8) is 0 Å². The first-order chi connectivity index (χ1) is 9.08. The average Bonchev–Trinajstić information content (AvgIpc) is 2.98. The SMILES string of the molecule is CNCc1cn[nH]c1S(=O)(=O)NC1CCCC1SC. The molecular formula is C11H20N4O2S2. The fourth-order valence-electron chi connectivity index (χ4n) is 2.45. The number of H-pyrrole nitrogens is 1. The van der Waals surface area contributed by atoms with Crippen LogP contribution in [0.2, 0.25) is 0 Å². The quantitative estimate of drug-likeness (QED) is 0.720. The molecule has 0 aromatic carbocycles. The van der Waals surface area contributed by atoms with E-state index in [4.69, 9.17) is 0 Å². The largest absolute Gasteiger partial charge is 0.316 e. The predicted octanol–water partition coefficient (Wildman–Crippen LogP) is 0.692. The molecule has 2 atom stereocenters. The molecule has 1 fully saturated rings. The molecule has 19 heavy (non-hydrogen) atoms. The number of aromatic amines is 1. The van der Waals surface area contributed by atoms with Crippen molar-refractivity contribution >= 4 is 21.8 Å². The molecule has 1 aliphatic rings. The van der Waals surface area contributed by atoms with Gasteiger partial charge in [0.15, 0.2) is 5.03 Å². The van der Waals surface area contributed by atoms with Crippen molar-refractivity contribution in [3.05, 3.63) is 11.8 Å². The van der Waals surface area contributed by atoms with Crippen LogP contribution in [-0.4, -0.2) is 43.2 Å². The Labute approximate surface area is 118 Å². The van der Waals surface area contributed by atoms with Gasteiger partial charge in [-0.3, -0.25) is 5.10 Å². The van der Waals surface area contributed by atoms with E-state index in [0.29, 0.717) is 17.4 Å². The molecule has 0 radical (unpaired) electrons. The van der Waals surface area contributed by atoms with Gasteiger partial charge in [-0.15, -0.1) is 0 Å². The standard InChI is InChI=1S/C11H20N4O2S2/c1-12-6-8-7-13-14-11(8)19(16,17)15-9-4-3-5-10(9)18-2/h7,9-10,12,15H,3-6H2,1-2H3,(H,13,14). The molecule has 2 unspecified atom stereocenters. The summed E-state index contributed by atoms with van der Waals surface area (Å²) in [6.07, 6.45) is 6.62. The monoisotopic (exact) mass is 304 g/mol. The van der Waals surface area contributed by atoms with Gasteiger partial charge < -0.3 is 5.32 Å². The summed E-state index contributed by atoms with van der Waals surface area (Å²) in [6.45, 7) is 0.476. The predicted molar refractivity (Wildman–Crippen MR) is 76.6 cm³/mol. The lowest BCUT2D eigenvalue weighted by Gasteiger charge is -2.18. The van der Waals surface area contributed by atoms with Crippen molar-refractivity contribution in [2.75, 3.05) is 13.3 Å². The van der Waals surface area contributed by atoms with Crippen LogP contribution >= 0.6 is 11.8 Å². The molecule has 1 aromatic heterocycles. The zero-order valence-corrected chi connectivity index (χ0v) is 12.8. The summed E-state index contributed by atoms with van der Waals surface area (Å²) < 4.78 is 27.6. The summed E-state index contributed by atoms with van der Waals surface area (Å²) in [7, 11) is -1.74. The minimum Gasteiger partial charge on any atom is -0.316 e. The maximum absolute atomic E-state index is 12.4. The zero-order valence-electron chi connectivity index (χ0n) is 11.1. The highest BCUT2D eigenvalue weighted by molar-refractivity contribution is 7.99. The normalized spacial score (nSPS) is 23.9. The molecule has 1 saturated carbocycles. The minimum atomic E-state index is -3.52. The molecule has 0 saturated heterocycles. The molecule has 0 amide bonds. The van der Waals surface area contributed by atoms with Gasteiger partial charge in [0, 0.05) is 23.4 Å². The summed E-state index contributed by atoms with van der Waals surface area (Å²) in [6, 6.07) is 0.0192. The fourth-order valence-corrected chi connectivity index (χ4v) is 4.91. The summed E-state index contributed by atoms with van der Waals surface area (Å²) in [5, 5.41) is 9.90. The Morgan fingerprint density at radius 3 is 3.00 bits per heavy atom. The van der Waals surface area contributed by atoms with Crippen molar-refractivity contribution in [2.24, 2.45) is 0 Å². The Bertz CT molecular complexity index is 515. The molecule has 0 aliphatic heterocycles. The van der Waals surface area contributed by atoms with E-state index in [9.17, 15) is 8.42 Å². The van der Waals surface area contributed by atoms with Crippen molar-refractivity contribution in [1.29, 1.82) is 0 Å². The second kappa shape index (κ2) is 6.25. The van der Waals surface area contributed by atoms with E-state index in [1.54, 1.807) is 25.0 Å². The molecule has 3 N–H and O–H groups in total. The first-order valence-electron chi connectivity index (χ1n) is 6.30. The summed E-state index contributed by atoms with van der Waals surface area (Å²) >= 11 is 1.73. The Morgan fingerprint density at radius 2 is 2.32 bits per heavy atom. The smallest absolute Gasteiger partial charge is 0.258 e. The number of hydrogen-bond acceptors (Lipinski definition) is 5. The van der Waals surface area contributed by atoms with E-state index in [1.165, 1.54) is 0 Å². The number of thioether (sulfide) groups is 1. The first kappa shape index (κ1) is 14.8. The van der Waals surface area contributed by atoms with E-state index in [2.05, 4.69) is 20.2 Å². The van der Waals surface area contributed by atoms with Crippen LogP contribution in [-0.2, 0) is 16.6 Å². The van der Waals surface area contributed by atoms with Gasteiger partial charge in [-0.1, -0.05) is 6.42 Å². The lowest BCUT2D eigenvalue weighted by Crippen LogP contribution is -2.39. The van der Waals surface area contributed by atoms with E-state index >= 15 is 0 Å². The second-order valence-corrected chi connectivity index (χ2v) is 7.42. The highest BCUT2D eigenvalue weighted by atomic mass is 32.2. The average molecular weight is 304 g/mol. The van der Waals surface area contributed by atoms with Gasteiger partial charge in [-0.25, -0.2) is 13.1 Å². The maximum atomic E-state index is 12.4. The summed E-state index contributed by atoms with van der Waals surface area (Å²) in [5.41, 5.74) is 0.661. The third kappa shape index (κ3) is 3.31. The zero-order chi connectivity index (χ0) is 13.9. The minimum absolute atomic E-state index is 0.0192. The highest BCUT2D eigenvalue weighted by Gasteiger charge is 2.32. The molecule has 8 heteroatoms. The van der Waals surface area contributed by atoms with Gasteiger partial charge in [-0.05, 0) is 26.1 Å². The maximum Gasteiger partial charge on any atom is 0.258 e. The molecule has 0 spiro atoms. The molecule has 6 nitrogen and oxygen atoms in total. The van der Waals surface area contributed by atoms with Crippen LogP contribution < -0.4 is 10.0 Å². The number of nitrogens with one attached hydrogen (secondary N) is 3. The first-order valence-corrected chi connectivity index (χ1v) is 9.07. The third-order valence-corrected chi connectivity index (χ3v) is 6.05. The number of nitrogens with zero attached hydrogens (tertiary/aromatic N) is 1. The Hall–Kier alpha value is -0.570. The number of sulfonamides is 1. The van der Waals surface area contributed by atoms with Crippen LogP contribution in [0, 0.1) is 0 Å². The van der Waals surface area contributed by atoms with Crippen molar-refractivity contribution < 1.29 is 8.42 Å². The van der Waals surface area contributed by atoms with Gasteiger partial charge in [0.05, 0.1) is 6.20 Å². The molecular weight excluding hydrogens is 284 g/mol. The van der Waals surface area contributed by atoms with Gasteiger partial charge >= 0.3 is 0 Å². The van der Waals surface area contributed by atoms with Gasteiger partial charge in [0.25, 0.3) is 10.0 Å². The van der Waals surface area contributed by atoms with E-state index in [0.717, 1.165) is 19.3 Å². The van der Waals surface area contributed by atoms with E-state index in [-0.39, 0.29) is 11.1 Å². The number of rotatable bonds is 6. The van der Waals surface area contributed by atoms with Crippen molar-refractivity contribution in [2.45, 2.75) is 42.1 Å². The third-order valence-electron chi connectivity index (χ3n) is 3.38. The van der Waals surface area contributed by atoms with Crippen molar-refractivity contribution in [3.8, 4) is 0 Å². The summed E-state index contributed by atoms with van der Waals surface area (Å²) in [5.74, 6) is 0. The van der Waals surface area contributed by atoms with Crippen LogP contribution in [0.25, 0.3) is 0 Å². The Kier molecular flexibility index (Phi) is 4.88. The highest BCUT2D eigenvalue weighted by Crippen LogP contribution is 2.29. The van der Waals surface area contributed by atoms with Crippen LogP contribution in [0.4, 0.5) is 0 Å². The van der Waals surface area contributed by atoms with E-state index < -0.39 is 10.0 Å². The Balaban J connectivity index is 2.15. The van der Waals surface area contributed by atoms with E-state index in [1.807, 2.05) is 6.26 Å². The van der Waals surface area contributed by atoms with Gasteiger partial charge in [0.2, 0.25) is 0 Å². The van der Waals surface area contributed by atoms with Crippen LogP contribution in [0.15, 0.2) is 11.2 Å². The van der Waals surface area contributed by atoms with Gasteiger partial charge in [0.1, 0.15) is 0 Å². The molecule has 1 heterocycles. The summed E-state index contributed by atoms with van der Waals surface area (Å²) in [4.78, 5) is 0. The molecule has 2 rings (SSSR count).